The first-order valence-electron chi connectivity index (χ1n) is 6.31. The van der Waals surface area contributed by atoms with E-state index < -0.39 is 0 Å². The molecule has 2 aromatic rings. The van der Waals surface area contributed by atoms with Crippen molar-refractivity contribution in [2.45, 2.75) is 13.1 Å². The highest BCUT2D eigenvalue weighted by Gasteiger charge is 2.11. The number of nitrogens with two attached hydrogens (primary N) is 1. The van der Waals surface area contributed by atoms with Crippen LogP contribution in [0.15, 0.2) is 23.6 Å². The zero-order chi connectivity index (χ0) is 15.2. The van der Waals surface area contributed by atoms with Crippen LogP contribution in [0, 0.1) is 0 Å². The van der Waals surface area contributed by atoms with Crippen LogP contribution in [-0.4, -0.2) is 25.1 Å². The third-order valence-corrected chi connectivity index (χ3v) is 3.76. The van der Waals surface area contributed by atoms with Crippen molar-refractivity contribution < 1.29 is 14.3 Å². The largest absolute Gasteiger partial charge is 0.497 e. The smallest absolute Gasteiger partial charge is 0.271 e. The SMILES string of the molecule is COc1ccc(CNC(=O)c2csc(CN)n2)c(OC)c1. The zero-order valence-electron chi connectivity index (χ0n) is 11.9. The van der Waals surface area contributed by atoms with Crippen LogP contribution < -0.4 is 20.5 Å². The number of carbonyl (C=O) groups is 1. The molecule has 1 heterocycles. The summed E-state index contributed by atoms with van der Waals surface area (Å²) in [4.78, 5) is 16.1. The predicted molar refractivity (Wildman–Crippen MR) is 80.7 cm³/mol. The van der Waals surface area contributed by atoms with E-state index in [-0.39, 0.29) is 5.91 Å². The lowest BCUT2D eigenvalue weighted by atomic mass is 10.2. The van der Waals surface area contributed by atoms with Gasteiger partial charge in [-0.2, -0.15) is 0 Å². The van der Waals surface area contributed by atoms with E-state index in [0.29, 0.717) is 30.3 Å². The van der Waals surface area contributed by atoms with Crippen LogP contribution in [0.2, 0.25) is 0 Å². The molecule has 6 nitrogen and oxygen atoms in total. The summed E-state index contributed by atoms with van der Waals surface area (Å²) in [6.07, 6.45) is 0. The minimum Gasteiger partial charge on any atom is -0.497 e. The molecule has 0 unspecified atom stereocenters. The summed E-state index contributed by atoms with van der Waals surface area (Å²) in [5.74, 6) is 1.13. The maximum Gasteiger partial charge on any atom is 0.271 e. The van der Waals surface area contributed by atoms with Gasteiger partial charge in [0, 0.05) is 30.1 Å². The molecule has 2 rings (SSSR count). The predicted octanol–water partition coefficient (Wildman–Crippen LogP) is 1.55. The lowest BCUT2D eigenvalue weighted by molar-refractivity contribution is 0.0946. The molecule has 0 aliphatic heterocycles. The Kier molecular flexibility index (Phi) is 5.13. The van der Waals surface area contributed by atoms with Crippen LogP contribution in [-0.2, 0) is 13.1 Å². The topological polar surface area (TPSA) is 86.5 Å². The molecule has 0 fully saturated rings. The summed E-state index contributed by atoms with van der Waals surface area (Å²) in [6, 6.07) is 5.44. The number of nitrogens with one attached hydrogen (secondary N) is 1. The number of benzene rings is 1. The molecular weight excluding hydrogens is 290 g/mol. The first-order chi connectivity index (χ1) is 10.2. The van der Waals surface area contributed by atoms with Crippen molar-refractivity contribution >= 4 is 17.2 Å². The quantitative estimate of drug-likeness (QED) is 0.845. The van der Waals surface area contributed by atoms with Gasteiger partial charge in [0.15, 0.2) is 0 Å². The molecule has 21 heavy (non-hydrogen) atoms. The number of hydrogen-bond acceptors (Lipinski definition) is 6. The van der Waals surface area contributed by atoms with E-state index in [9.17, 15) is 4.79 Å². The molecule has 112 valence electrons. The van der Waals surface area contributed by atoms with Gasteiger partial charge in [-0.05, 0) is 12.1 Å². The van der Waals surface area contributed by atoms with Gasteiger partial charge >= 0.3 is 0 Å². The number of nitrogens with zero attached hydrogens (tertiary/aromatic N) is 1. The second-order valence-electron chi connectivity index (χ2n) is 4.19. The molecular formula is C14H17N3O3S. The fourth-order valence-corrected chi connectivity index (χ4v) is 2.43. The summed E-state index contributed by atoms with van der Waals surface area (Å²) in [6.45, 7) is 0.686. The van der Waals surface area contributed by atoms with E-state index in [4.69, 9.17) is 15.2 Å². The normalized spacial score (nSPS) is 10.2. The average Bonchev–Trinajstić information content (AvgIpc) is 3.01. The van der Waals surface area contributed by atoms with Gasteiger partial charge in [-0.3, -0.25) is 4.79 Å². The fraction of sp³-hybridized carbons (Fsp3) is 0.286. The third-order valence-electron chi connectivity index (χ3n) is 2.89. The molecule has 0 spiro atoms. The second-order valence-corrected chi connectivity index (χ2v) is 5.13. The van der Waals surface area contributed by atoms with Crippen LogP contribution in [0.1, 0.15) is 21.1 Å². The number of ether oxygens (including phenoxy) is 2. The molecule has 1 amide bonds. The van der Waals surface area contributed by atoms with E-state index in [1.807, 2.05) is 12.1 Å². The lowest BCUT2D eigenvalue weighted by Gasteiger charge is -2.10. The van der Waals surface area contributed by atoms with Crippen LogP contribution >= 0.6 is 11.3 Å². The third kappa shape index (κ3) is 3.71. The second kappa shape index (κ2) is 7.05. The van der Waals surface area contributed by atoms with E-state index in [2.05, 4.69) is 10.3 Å². The highest BCUT2D eigenvalue weighted by Crippen LogP contribution is 2.24. The first-order valence-corrected chi connectivity index (χ1v) is 7.19. The highest BCUT2D eigenvalue weighted by molar-refractivity contribution is 7.09. The molecule has 0 aliphatic rings. The average molecular weight is 307 g/mol. The molecule has 0 saturated carbocycles. The summed E-state index contributed by atoms with van der Waals surface area (Å²) in [5.41, 5.74) is 6.73. The Morgan fingerprint density at radius 3 is 2.81 bits per heavy atom. The Labute approximate surface area is 126 Å². The molecule has 0 bridgehead atoms. The first kappa shape index (κ1) is 15.3. The van der Waals surface area contributed by atoms with E-state index in [0.717, 1.165) is 10.6 Å². The van der Waals surface area contributed by atoms with E-state index in [1.54, 1.807) is 25.7 Å². The molecule has 7 heteroatoms. The monoisotopic (exact) mass is 307 g/mol. The van der Waals surface area contributed by atoms with Gasteiger partial charge in [-0.15, -0.1) is 11.3 Å². The maximum absolute atomic E-state index is 12.0. The number of amides is 1. The van der Waals surface area contributed by atoms with Gasteiger partial charge in [0.1, 0.15) is 22.2 Å². The summed E-state index contributed by atoms with van der Waals surface area (Å²) in [7, 11) is 3.17. The van der Waals surface area contributed by atoms with Gasteiger partial charge in [-0.1, -0.05) is 0 Å². The Morgan fingerprint density at radius 1 is 1.38 bits per heavy atom. The number of aromatic nitrogens is 1. The van der Waals surface area contributed by atoms with Crippen molar-refractivity contribution in [2.75, 3.05) is 14.2 Å². The Hall–Kier alpha value is -2.12. The number of carbonyl (C=O) groups excluding carboxylic acids is 1. The van der Waals surface area contributed by atoms with Crippen molar-refractivity contribution in [3.8, 4) is 11.5 Å². The Balaban J connectivity index is 2.03. The van der Waals surface area contributed by atoms with Gasteiger partial charge < -0.3 is 20.5 Å². The number of thiazole rings is 1. The van der Waals surface area contributed by atoms with Crippen molar-refractivity contribution in [1.82, 2.24) is 10.3 Å². The fourth-order valence-electron chi connectivity index (χ4n) is 1.77. The van der Waals surface area contributed by atoms with Gasteiger partial charge in [0.05, 0.1) is 14.2 Å². The molecule has 3 N–H and O–H groups in total. The van der Waals surface area contributed by atoms with Crippen molar-refractivity contribution in [3.63, 3.8) is 0 Å². The van der Waals surface area contributed by atoms with Crippen LogP contribution in [0.5, 0.6) is 11.5 Å². The van der Waals surface area contributed by atoms with Crippen molar-refractivity contribution in [2.24, 2.45) is 5.73 Å². The molecule has 0 atom stereocenters. The molecule has 1 aromatic carbocycles. The Morgan fingerprint density at radius 2 is 2.19 bits per heavy atom. The minimum absolute atomic E-state index is 0.233. The van der Waals surface area contributed by atoms with Crippen molar-refractivity contribution in [3.05, 3.63) is 39.8 Å². The molecule has 0 saturated heterocycles. The molecule has 0 radical (unpaired) electrons. The van der Waals surface area contributed by atoms with Crippen LogP contribution in [0.3, 0.4) is 0 Å². The molecule has 1 aromatic heterocycles. The van der Waals surface area contributed by atoms with Gasteiger partial charge in [0.25, 0.3) is 5.91 Å². The van der Waals surface area contributed by atoms with Crippen molar-refractivity contribution in [1.29, 1.82) is 0 Å². The maximum atomic E-state index is 12.0. The lowest BCUT2D eigenvalue weighted by Crippen LogP contribution is -2.23. The summed E-state index contributed by atoms with van der Waals surface area (Å²) < 4.78 is 10.4. The van der Waals surface area contributed by atoms with Gasteiger partial charge in [0.2, 0.25) is 0 Å². The standard InChI is InChI=1S/C14H17N3O3S/c1-19-10-4-3-9(12(5-10)20-2)7-16-14(18)11-8-21-13(6-15)17-11/h3-5,8H,6-7,15H2,1-2H3,(H,16,18). The van der Waals surface area contributed by atoms with Gasteiger partial charge in [-0.25, -0.2) is 4.98 Å². The summed E-state index contributed by atoms with van der Waals surface area (Å²) in [5, 5.41) is 5.24. The van der Waals surface area contributed by atoms with E-state index in [1.165, 1.54) is 11.3 Å². The number of hydrogen-bond donors (Lipinski definition) is 2. The molecule has 0 aliphatic carbocycles. The minimum atomic E-state index is -0.233. The number of methoxy groups -OCH3 is 2. The van der Waals surface area contributed by atoms with E-state index >= 15 is 0 Å². The zero-order valence-corrected chi connectivity index (χ0v) is 12.7. The van der Waals surface area contributed by atoms with Crippen LogP contribution in [0.25, 0.3) is 0 Å². The summed E-state index contributed by atoms with van der Waals surface area (Å²) >= 11 is 1.37. The Bertz CT molecular complexity index is 628. The number of rotatable bonds is 6. The van der Waals surface area contributed by atoms with Crippen LogP contribution in [0.4, 0.5) is 0 Å². The highest BCUT2D eigenvalue weighted by atomic mass is 32.1.